The van der Waals surface area contributed by atoms with Crippen molar-refractivity contribution in [3.63, 3.8) is 0 Å². The number of primary sulfonamides is 1. The fourth-order valence-electron chi connectivity index (χ4n) is 3.41. The Bertz CT molecular complexity index is 1560. The number of anilines is 1. The lowest BCUT2D eigenvalue weighted by molar-refractivity contribution is -0.106. The van der Waals surface area contributed by atoms with Gasteiger partial charge in [-0.3, -0.25) is 4.79 Å². The van der Waals surface area contributed by atoms with E-state index < -0.39 is 10.0 Å². The van der Waals surface area contributed by atoms with Crippen molar-refractivity contribution in [2.75, 3.05) is 12.4 Å². The van der Waals surface area contributed by atoms with Crippen LogP contribution in [0.25, 0.3) is 16.7 Å². The molecule has 2 aromatic heterocycles. The predicted octanol–water partition coefficient (Wildman–Crippen LogP) is 5.26. The van der Waals surface area contributed by atoms with Crippen LogP contribution in [0.2, 0.25) is 10.0 Å². The average molecular weight is 598 g/mol. The average Bonchev–Trinajstić information content (AvgIpc) is 3.22. The van der Waals surface area contributed by atoms with Gasteiger partial charge >= 0.3 is 0 Å². The molecule has 2 heterocycles. The molecule has 0 unspecified atom stereocenters. The van der Waals surface area contributed by atoms with Crippen molar-refractivity contribution in [2.24, 2.45) is 5.14 Å². The minimum atomic E-state index is -4.01. The van der Waals surface area contributed by atoms with Crippen LogP contribution in [0.4, 0.5) is 5.69 Å². The number of hydrogen-bond donors (Lipinski definition) is 3. The molecule has 0 atom stereocenters. The number of hydrogen-bond acceptors (Lipinski definition) is 7. The van der Waals surface area contributed by atoms with Crippen molar-refractivity contribution in [3.8, 4) is 5.69 Å². The van der Waals surface area contributed by atoms with Crippen molar-refractivity contribution in [1.29, 1.82) is 0 Å². The minimum Gasteiger partial charge on any atom is -0.388 e. The SMILES string of the molecule is CC.CC.CC=O.CNc1cccc(Cc2nc3c(c(C)nn3-c3c(Cl)cc(S(N)(=O)=O)cc3Cl)c(=O)[nH]2)c1. The lowest BCUT2D eigenvalue weighted by Crippen LogP contribution is -2.14. The fraction of sp³-hybridized carbons (Fsp3) is 0.308. The van der Waals surface area contributed by atoms with Crippen molar-refractivity contribution in [1.82, 2.24) is 19.7 Å². The Kier molecular flexibility index (Phi) is 13.3. The lowest BCUT2D eigenvalue weighted by Gasteiger charge is -2.10. The van der Waals surface area contributed by atoms with Crippen LogP contribution in [0.5, 0.6) is 0 Å². The summed E-state index contributed by atoms with van der Waals surface area (Å²) < 4.78 is 24.7. The van der Waals surface area contributed by atoms with Gasteiger partial charge in [0.1, 0.15) is 23.2 Å². The van der Waals surface area contributed by atoms with Gasteiger partial charge in [-0.15, -0.1) is 0 Å². The van der Waals surface area contributed by atoms with E-state index in [4.69, 9.17) is 33.1 Å². The summed E-state index contributed by atoms with van der Waals surface area (Å²) in [6, 6.07) is 10.1. The molecule has 0 spiro atoms. The molecule has 4 rings (SSSR count). The number of carbonyl (C=O) groups is 1. The molecule has 0 fully saturated rings. The summed E-state index contributed by atoms with van der Waals surface area (Å²) in [5.74, 6) is 0.422. The van der Waals surface area contributed by atoms with Gasteiger partial charge in [0.15, 0.2) is 5.65 Å². The molecule has 0 saturated carbocycles. The Hall–Kier alpha value is -3.25. The number of aryl methyl sites for hydroxylation is 1. The lowest BCUT2D eigenvalue weighted by atomic mass is 10.1. The zero-order chi connectivity index (χ0) is 29.9. The Morgan fingerprint density at radius 1 is 1.10 bits per heavy atom. The van der Waals surface area contributed by atoms with Gasteiger partial charge in [-0.25, -0.2) is 23.2 Å². The molecule has 212 valence electrons. The molecule has 0 aliphatic carbocycles. The molecular weight excluding hydrogens is 563 g/mol. The second-order valence-electron chi connectivity index (χ2n) is 7.35. The van der Waals surface area contributed by atoms with Gasteiger partial charge in [-0.05, 0) is 43.7 Å². The Morgan fingerprint density at radius 3 is 2.18 bits per heavy atom. The van der Waals surface area contributed by atoms with Crippen LogP contribution in [0, 0.1) is 6.92 Å². The van der Waals surface area contributed by atoms with E-state index in [-0.39, 0.29) is 37.2 Å². The normalized spacial score (nSPS) is 10.3. The number of nitrogens with zero attached hydrogens (tertiary/aromatic N) is 3. The fourth-order valence-corrected chi connectivity index (χ4v) is 4.75. The zero-order valence-electron chi connectivity index (χ0n) is 23.0. The third-order valence-corrected chi connectivity index (χ3v) is 6.35. The molecule has 39 heavy (non-hydrogen) atoms. The highest BCUT2D eigenvalue weighted by atomic mass is 35.5. The van der Waals surface area contributed by atoms with Crippen LogP contribution in [-0.2, 0) is 21.2 Å². The molecule has 10 nitrogen and oxygen atoms in total. The molecule has 0 aliphatic rings. The van der Waals surface area contributed by atoms with Gasteiger partial charge in [-0.1, -0.05) is 63.0 Å². The number of aromatic amines is 1. The van der Waals surface area contributed by atoms with E-state index in [0.717, 1.165) is 17.5 Å². The second-order valence-corrected chi connectivity index (χ2v) is 9.73. The van der Waals surface area contributed by atoms with Gasteiger partial charge in [0.05, 0.1) is 20.6 Å². The highest BCUT2D eigenvalue weighted by Crippen LogP contribution is 2.33. The van der Waals surface area contributed by atoms with E-state index in [1.807, 2.05) is 59.0 Å². The number of benzene rings is 2. The molecule has 0 amide bonds. The summed E-state index contributed by atoms with van der Waals surface area (Å²) in [6.45, 7) is 11.1. The van der Waals surface area contributed by atoms with Crippen LogP contribution in [0.1, 0.15) is 51.7 Å². The van der Waals surface area contributed by atoms with Gasteiger partial charge in [-0.2, -0.15) is 5.10 Å². The number of sulfonamides is 1. The van der Waals surface area contributed by atoms with E-state index in [1.54, 1.807) is 6.92 Å². The summed E-state index contributed by atoms with van der Waals surface area (Å²) in [5, 5.41) is 12.9. The topological polar surface area (TPSA) is 153 Å². The molecule has 0 bridgehead atoms. The molecular formula is C26H34Cl2N6O4S. The molecule has 0 radical (unpaired) electrons. The standard InChI is InChI=1S/C20H18Cl2N6O3S.C2H4O.2C2H6/c1-10-17-19(25-16(26-20(17)29)7-11-4-3-5-12(6-11)24-2)28(27-10)18-14(21)8-13(9-15(18)22)32(23,30)31;1-2-3;2*1-2/h3-6,8-9,24H,7H2,1-2H3,(H2,23,30,31)(H,25,26,29);2H,1H3;2*1-2H3. The number of halogens is 2. The van der Waals surface area contributed by atoms with E-state index in [1.165, 1.54) is 23.7 Å². The molecule has 0 aliphatic heterocycles. The summed E-state index contributed by atoms with van der Waals surface area (Å²) in [7, 11) is -2.19. The quantitative estimate of drug-likeness (QED) is 0.265. The monoisotopic (exact) mass is 596 g/mol. The van der Waals surface area contributed by atoms with Crippen molar-refractivity contribution < 1.29 is 13.2 Å². The first-order valence-corrected chi connectivity index (χ1v) is 14.5. The predicted molar refractivity (Wildman–Crippen MR) is 159 cm³/mol. The highest BCUT2D eigenvalue weighted by molar-refractivity contribution is 7.89. The summed E-state index contributed by atoms with van der Waals surface area (Å²) in [6.07, 6.45) is 1.12. The number of H-pyrrole nitrogens is 1. The third kappa shape index (κ3) is 8.37. The van der Waals surface area contributed by atoms with E-state index in [0.29, 0.717) is 17.9 Å². The molecule has 13 heteroatoms. The maximum Gasteiger partial charge on any atom is 0.262 e. The van der Waals surface area contributed by atoms with Crippen molar-refractivity contribution in [2.45, 2.75) is 52.9 Å². The van der Waals surface area contributed by atoms with Gasteiger partial charge < -0.3 is 15.1 Å². The Balaban J connectivity index is 0.000000996. The first kappa shape index (κ1) is 33.8. The highest BCUT2D eigenvalue weighted by Gasteiger charge is 2.21. The summed E-state index contributed by atoms with van der Waals surface area (Å²) >= 11 is 12.7. The second kappa shape index (κ2) is 15.4. The number of aldehydes is 1. The number of nitrogens with one attached hydrogen (secondary N) is 2. The van der Waals surface area contributed by atoms with Crippen molar-refractivity contribution in [3.05, 3.63) is 73.9 Å². The van der Waals surface area contributed by atoms with E-state index in [2.05, 4.69) is 20.4 Å². The number of rotatable bonds is 5. The summed E-state index contributed by atoms with van der Waals surface area (Å²) in [5.41, 5.74) is 2.38. The number of aromatic nitrogens is 4. The van der Waals surface area contributed by atoms with Crippen LogP contribution in [0.3, 0.4) is 0 Å². The molecule has 4 aromatic rings. The number of nitrogens with two attached hydrogens (primary N) is 1. The Labute approximate surface area is 238 Å². The number of carbonyl (C=O) groups excluding carboxylic acids is 1. The molecule has 2 aromatic carbocycles. The minimum absolute atomic E-state index is 0.00345. The van der Waals surface area contributed by atoms with Crippen LogP contribution in [0.15, 0.2) is 46.1 Å². The van der Waals surface area contributed by atoms with Crippen molar-refractivity contribution >= 4 is 56.2 Å². The first-order valence-electron chi connectivity index (χ1n) is 12.2. The number of fused-ring (bicyclic) bond motifs is 1. The molecule has 4 N–H and O–H groups in total. The van der Waals surface area contributed by atoms with Crippen LogP contribution >= 0.6 is 23.2 Å². The van der Waals surface area contributed by atoms with Gasteiger partial charge in [0, 0.05) is 19.2 Å². The zero-order valence-corrected chi connectivity index (χ0v) is 25.3. The van der Waals surface area contributed by atoms with E-state index >= 15 is 0 Å². The van der Waals surface area contributed by atoms with E-state index in [9.17, 15) is 13.2 Å². The van der Waals surface area contributed by atoms with Crippen LogP contribution < -0.4 is 16.0 Å². The van der Waals surface area contributed by atoms with Gasteiger partial charge in [0.25, 0.3) is 5.56 Å². The van der Waals surface area contributed by atoms with Crippen LogP contribution in [-0.4, -0.2) is 41.5 Å². The third-order valence-electron chi connectivity index (χ3n) is 4.88. The summed E-state index contributed by atoms with van der Waals surface area (Å²) in [4.78, 5) is 28.8. The maximum atomic E-state index is 12.8. The van der Waals surface area contributed by atoms with Gasteiger partial charge in [0.2, 0.25) is 10.0 Å². The Morgan fingerprint density at radius 2 is 1.67 bits per heavy atom. The largest absolute Gasteiger partial charge is 0.388 e. The smallest absolute Gasteiger partial charge is 0.262 e. The maximum absolute atomic E-state index is 12.8. The first-order chi connectivity index (χ1) is 18.5. The molecule has 0 saturated heterocycles.